The first kappa shape index (κ1) is 53.3. The Kier molecular flexibility index (Phi) is 38.5. The van der Waals surface area contributed by atoms with Crippen LogP contribution in [-0.4, -0.2) is 94.5 Å². The number of hydrogen-bond donors (Lipinski definition) is 0. The summed E-state index contributed by atoms with van der Waals surface area (Å²) >= 11 is 0. The van der Waals surface area contributed by atoms with Crippen molar-refractivity contribution < 1.29 is 52.3 Å². The summed E-state index contributed by atoms with van der Waals surface area (Å²) in [5.41, 5.74) is 0. The van der Waals surface area contributed by atoms with E-state index >= 15 is 0 Å². The standard InChI is InChI=1S/C44H81NO11/c1-6-11-14-17-20-23-33-51-43(52-34-24-21-18-15-12-7-2)30-29-42(48)55-37-39(38-56-44(49)53-35-26-31-45(9-4)10-5)36-54-41(47)28-25-27-40(46)50-32-22-19-16-13-8-3/h22,32,39,43H,6-21,23-31,33-38H2,1-5H3/b32-22-. The van der Waals surface area contributed by atoms with Crippen molar-refractivity contribution in [2.24, 2.45) is 5.92 Å². The third-order valence-electron chi connectivity index (χ3n) is 9.35. The molecule has 0 heterocycles. The average molecular weight is 800 g/mol. The van der Waals surface area contributed by atoms with E-state index in [9.17, 15) is 19.2 Å². The van der Waals surface area contributed by atoms with Gasteiger partial charge in [-0.2, -0.15) is 0 Å². The van der Waals surface area contributed by atoms with Gasteiger partial charge in [0.2, 0.25) is 0 Å². The number of rotatable bonds is 40. The molecule has 328 valence electrons. The highest BCUT2D eigenvalue weighted by atomic mass is 16.7. The zero-order valence-corrected chi connectivity index (χ0v) is 36.2. The number of nitrogens with zero attached hydrogens (tertiary/aromatic N) is 1. The Morgan fingerprint density at radius 3 is 1.62 bits per heavy atom. The summed E-state index contributed by atoms with van der Waals surface area (Å²) in [6.45, 7) is 14.3. The monoisotopic (exact) mass is 800 g/mol. The van der Waals surface area contributed by atoms with Crippen LogP contribution in [0.4, 0.5) is 4.79 Å². The zero-order chi connectivity index (χ0) is 41.3. The fourth-order valence-corrected chi connectivity index (χ4v) is 5.71. The highest BCUT2D eigenvalue weighted by Crippen LogP contribution is 2.13. The normalized spacial score (nSPS) is 12.0. The van der Waals surface area contributed by atoms with Crippen LogP contribution >= 0.6 is 0 Å². The summed E-state index contributed by atoms with van der Waals surface area (Å²) in [7, 11) is 0. The molecule has 0 aromatic heterocycles. The minimum atomic E-state index is -0.835. The lowest BCUT2D eigenvalue weighted by atomic mass is 10.1. The molecule has 0 rings (SSSR count). The van der Waals surface area contributed by atoms with Gasteiger partial charge in [-0.1, -0.05) is 112 Å². The van der Waals surface area contributed by atoms with E-state index in [2.05, 4.69) is 39.5 Å². The summed E-state index contributed by atoms with van der Waals surface area (Å²) < 4.78 is 38.7. The summed E-state index contributed by atoms with van der Waals surface area (Å²) in [6, 6.07) is 0. The molecular weight excluding hydrogens is 718 g/mol. The Morgan fingerprint density at radius 1 is 0.518 bits per heavy atom. The molecule has 1 unspecified atom stereocenters. The van der Waals surface area contributed by atoms with Crippen LogP contribution in [0.1, 0.15) is 176 Å². The first-order valence-electron chi connectivity index (χ1n) is 22.2. The number of carbonyl (C=O) groups excluding carboxylic acids is 4. The van der Waals surface area contributed by atoms with E-state index in [4.69, 9.17) is 33.2 Å². The van der Waals surface area contributed by atoms with Crippen LogP contribution in [0.3, 0.4) is 0 Å². The van der Waals surface area contributed by atoms with Crippen LogP contribution in [-0.2, 0) is 47.5 Å². The van der Waals surface area contributed by atoms with Crippen molar-refractivity contribution in [3.63, 3.8) is 0 Å². The van der Waals surface area contributed by atoms with Crippen molar-refractivity contribution in [2.75, 3.05) is 59.3 Å². The molecule has 0 saturated carbocycles. The first-order chi connectivity index (χ1) is 27.3. The molecule has 56 heavy (non-hydrogen) atoms. The van der Waals surface area contributed by atoms with Crippen LogP contribution in [0.25, 0.3) is 0 Å². The third kappa shape index (κ3) is 35.7. The molecule has 0 saturated heterocycles. The Bertz CT molecular complexity index is 955. The highest BCUT2D eigenvalue weighted by Gasteiger charge is 2.20. The van der Waals surface area contributed by atoms with Crippen LogP contribution in [0.15, 0.2) is 12.3 Å². The molecule has 0 aromatic carbocycles. The summed E-state index contributed by atoms with van der Waals surface area (Å²) in [5, 5.41) is 0. The number of unbranched alkanes of at least 4 members (excludes halogenated alkanes) is 13. The van der Waals surface area contributed by atoms with E-state index in [-0.39, 0.29) is 52.1 Å². The fraction of sp³-hybridized carbons (Fsp3) is 0.864. The Morgan fingerprint density at radius 2 is 1.04 bits per heavy atom. The van der Waals surface area contributed by atoms with Crippen molar-refractivity contribution >= 4 is 24.1 Å². The van der Waals surface area contributed by atoms with Gasteiger partial charge in [-0.05, 0) is 57.7 Å². The molecule has 0 aliphatic carbocycles. The van der Waals surface area contributed by atoms with Crippen LogP contribution in [0.2, 0.25) is 0 Å². The number of esters is 3. The average Bonchev–Trinajstić information content (AvgIpc) is 3.19. The van der Waals surface area contributed by atoms with Gasteiger partial charge < -0.3 is 38.1 Å². The van der Waals surface area contributed by atoms with Crippen molar-refractivity contribution in [2.45, 2.75) is 182 Å². The lowest BCUT2D eigenvalue weighted by Gasteiger charge is -2.20. The molecule has 0 N–H and O–H groups in total. The largest absolute Gasteiger partial charge is 0.508 e. The lowest BCUT2D eigenvalue weighted by molar-refractivity contribution is -0.161. The van der Waals surface area contributed by atoms with E-state index in [0.29, 0.717) is 26.1 Å². The van der Waals surface area contributed by atoms with Gasteiger partial charge in [0.25, 0.3) is 0 Å². The van der Waals surface area contributed by atoms with Gasteiger partial charge in [-0.25, -0.2) is 4.79 Å². The molecule has 12 nitrogen and oxygen atoms in total. The van der Waals surface area contributed by atoms with Crippen molar-refractivity contribution in [1.29, 1.82) is 0 Å². The van der Waals surface area contributed by atoms with Gasteiger partial charge in [-0.3, -0.25) is 14.4 Å². The number of hydrogen-bond acceptors (Lipinski definition) is 12. The predicted molar refractivity (Wildman–Crippen MR) is 220 cm³/mol. The molecule has 0 amide bonds. The van der Waals surface area contributed by atoms with Crippen molar-refractivity contribution in [1.82, 2.24) is 4.90 Å². The van der Waals surface area contributed by atoms with E-state index in [1.807, 2.05) is 6.08 Å². The zero-order valence-electron chi connectivity index (χ0n) is 36.2. The molecule has 0 fully saturated rings. The minimum Gasteiger partial charge on any atom is -0.465 e. The SMILES string of the molecule is CCCCC/C=C\OC(=O)CCCC(=O)OCC(COC(=O)CCC(OCCCCCCCC)OCCCCCCCC)COC(=O)OCCCN(CC)CC. The maximum absolute atomic E-state index is 12.9. The third-order valence-corrected chi connectivity index (χ3v) is 9.35. The number of carbonyl (C=O) groups is 4. The van der Waals surface area contributed by atoms with Crippen molar-refractivity contribution in [3.05, 3.63) is 12.3 Å². The second kappa shape index (κ2) is 40.5. The van der Waals surface area contributed by atoms with Gasteiger partial charge >= 0.3 is 24.1 Å². The number of allylic oxidation sites excluding steroid dienone is 1. The van der Waals surface area contributed by atoms with Gasteiger partial charge in [0.1, 0.15) is 19.8 Å². The molecule has 1 atom stereocenters. The maximum atomic E-state index is 12.9. The lowest BCUT2D eigenvalue weighted by Crippen LogP contribution is -2.28. The molecule has 0 aliphatic rings. The Hall–Kier alpha value is -2.70. The number of ether oxygens (including phenoxy) is 7. The van der Waals surface area contributed by atoms with E-state index in [0.717, 1.165) is 71.0 Å². The highest BCUT2D eigenvalue weighted by molar-refractivity contribution is 5.73. The Balaban J connectivity index is 4.99. The van der Waals surface area contributed by atoms with E-state index in [1.165, 1.54) is 57.6 Å². The van der Waals surface area contributed by atoms with Crippen LogP contribution < -0.4 is 0 Å². The second-order valence-corrected chi connectivity index (χ2v) is 14.5. The maximum Gasteiger partial charge on any atom is 0.508 e. The van der Waals surface area contributed by atoms with Gasteiger partial charge in [0.15, 0.2) is 6.29 Å². The smallest absolute Gasteiger partial charge is 0.465 e. The van der Waals surface area contributed by atoms with Crippen LogP contribution in [0, 0.1) is 5.92 Å². The summed E-state index contributed by atoms with van der Waals surface area (Å²) in [5.74, 6) is -2.00. The molecule has 0 aromatic rings. The van der Waals surface area contributed by atoms with Gasteiger partial charge in [0.05, 0.1) is 25.2 Å². The second-order valence-electron chi connectivity index (χ2n) is 14.5. The molecule has 0 spiro atoms. The van der Waals surface area contributed by atoms with Gasteiger partial charge in [0, 0.05) is 39.0 Å². The molecular formula is C44H81NO11. The fourth-order valence-electron chi connectivity index (χ4n) is 5.71. The predicted octanol–water partition coefficient (Wildman–Crippen LogP) is 10.2. The topological polar surface area (TPSA) is 136 Å². The van der Waals surface area contributed by atoms with Gasteiger partial charge in [-0.15, -0.1) is 0 Å². The van der Waals surface area contributed by atoms with Crippen LogP contribution in [0.5, 0.6) is 0 Å². The summed E-state index contributed by atoms with van der Waals surface area (Å²) in [6.07, 6.45) is 21.4. The minimum absolute atomic E-state index is 0.0100. The summed E-state index contributed by atoms with van der Waals surface area (Å²) in [4.78, 5) is 51.9. The molecule has 12 heteroatoms. The molecule has 0 aliphatic heterocycles. The van der Waals surface area contributed by atoms with Crippen molar-refractivity contribution in [3.8, 4) is 0 Å². The van der Waals surface area contributed by atoms with E-state index < -0.39 is 36.3 Å². The quantitative estimate of drug-likeness (QED) is 0.0192. The first-order valence-corrected chi connectivity index (χ1v) is 22.2. The Labute approximate surface area is 340 Å². The molecule has 0 bridgehead atoms. The molecule has 0 radical (unpaired) electrons. The van der Waals surface area contributed by atoms with E-state index in [1.54, 1.807) is 0 Å².